The number of nitrogens with zero attached hydrogens (tertiary/aromatic N) is 3. The van der Waals surface area contributed by atoms with Crippen molar-refractivity contribution < 1.29 is 62.4 Å². The first-order chi connectivity index (χ1) is 37.8. The lowest BCUT2D eigenvalue weighted by molar-refractivity contribution is -0.174. The van der Waals surface area contributed by atoms with Crippen molar-refractivity contribution in [2.75, 3.05) is 34.9 Å². The van der Waals surface area contributed by atoms with E-state index in [1.165, 1.54) is 21.3 Å². The molecule has 1 saturated heterocycles. The lowest BCUT2D eigenvalue weighted by Gasteiger charge is -2.41. The molecule has 2 aromatic rings. The number of likely N-dealkylation sites (N-methyl/N-ethyl adjacent to an activating group) is 2. The first-order valence-corrected chi connectivity index (χ1v) is 28.9. The number of ether oxygens (including phenoxy) is 5. The number of carbonyl (C=O) groups excluding carboxylic acids is 7. The second kappa shape index (κ2) is 33.8. The third-order valence-electron chi connectivity index (χ3n) is 15.4. The Morgan fingerprint density at radius 1 is 0.713 bits per heavy atom. The molecule has 2 unspecified atom stereocenters. The maximum atomic E-state index is 14.8. The molecule has 12 atom stereocenters. The van der Waals surface area contributed by atoms with Crippen molar-refractivity contribution in [3.05, 3.63) is 71.8 Å². The molecule has 0 aromatic heterocycles. The van der Waals surface area contributed by atoms with E-state index in [0.29, 0.717) is 43.7 Å². The molecule has 19 nitrogen and oxygen atoms in total. The van der Waals surface area contributed by atoms with E-state index in [0.717, 1.165) is 23.3 Å². The Kier molecular flexibility index (Phi) is 29.0. The summed E-state index contributed by atoms with van der Waals surface area (Å²) in [6.45, 7) is 22.7. The summed E-state index contributed by atoms with van der Waals surface area (Å²) in [6.07, 6.45) is -1.25. The Bertz CT molecular complexity index is 2230. The minimum atomic E-state index is -1.36. The van der Waals surface area contributed by atoms with Crippen LogP contribution in [0.25, 0.3) is 0 Å². The van der Waals surface area contributed by atoms with Crippen LogP contribution < -0.4 is 16.0 Å². The van der Waals surface area contributed by atoms with Crippen molar-refractivity contribution in [3.63, 3.8) is 0 Å². The number of hydrogen-bond acceptors (Lipinski definition) is 13. The Balaban J connectivity index is 1.79. The van der Waals surface area contributed by atoms with Gasteiger partial charge in [-0.2, -0.15) is 0 Å². The number of aliphatic hydroxyl groups is 1. The summed E-state index contributed by atoms with van der Waals surface area (Å²) in [5.74, 6) is -4.14. The number of hydrogen-bond donors (Lipinski definition) is 4. The molecule has 3 rings (SSSR count). The van der Waals surface area contributed by atoms with E-state index < -0.39 is 114 Å². The maximum absolute atomic E-state index is 14.8. The maximum Gasteiger partial charge on any atom is 0.413 e. The number of likely N-dealkylation sites (tertiary alicyclic amines) is 1. The molecule has 0 bridgehead atoms. The Morgan fingerprint density at radius 2 is 1.31 bits per heavy atom. The molecule has 0 spiro atoms. The number of rotatable bonds is 32. The van der Waals surface area contributed by atoms with E-state index in [4.69, 9.17) is 23.7 Å². The number of nitrogens with one attached hydrogen (secondary N) is 3. The van der Waals surface area contributed by atoms with Gasteiger partial charge in [0.15, 0.2) is 0 Å². The van der Waals surface area contributed by atoms with Gasteiger partial charge >= 0.3 is 18.2 Å². The third kappa shape index (κ3) is 20.3. The second-order valence-corrected chi connectivity index (χ2v) is 23.1. The van der Waals surface area contributed by atoms with Gasteiger partial charge in [0.1, 0.15) is 24.7 Å². The van der Waals surface area contributed by atoms with Crippen molar-refractivity contribution in [2.45, 2.75) is 202 Å². The SMILES string of the molecule is CC[C@H](C)C([C@@H](CC(=O)N1CCC[C@H]1[C@H](OC)[C@@H](C)C(=O)N[C@H](C)[C@@H](O)c1ccccc1)OC)N(C)C(=O)[C@@H](NC(=O)[C@H](C(C)C)N(C)C(=O)OC(CCCCC(C)C)OC(=O)[C@@H](NC(=O)OCc1ccccc1)C(C)C)C(C)C. The van der Waals surface area contributed by atoms with Crippen molar-refractivity contribution in [3.8, 4) is 0 Å². The summed E-state index contributed by atoms with van der Waals surface area (Å²) in [7, 11) is 6.09. The van der Waals surface area contributed by atoms with Gasteiger partial charge in [-0.3, -0.25) is 24.1 Å². The number of amides is 6. The number of methoxy groups -OCH3 is 2. The molecule has 450 valence electrons. The molecule has 80 heavy (non-hydrogen) atoms. The fraction of sp³-hybridized carbons (Fsp3) is 0.689. The van der Waals surface area contributed by atoms with Gasteiger partial charge in [0.2, 0.25) is 29.9 Å². The number of esters is 1. The summed E-state index contributed by atoms with van der Waals surface area (Å²) >= 11 is 0. The van der Waals surface area contributed by atoms with Gasteiger partial charge in [-0.25, -0.2) is 14.4 Å². The average Bonchev–Trinajstić information content (AvgIpc) is 3.91. The number of aliphatic hydroxyl groups excluding tert-OH is 1. The summed E-state index contributed by atoms with van der Waals surface area (Å²) in [6, 6.07) is 13.2. The van der Waals surface area contributed by atoms with Crippen LogP contribution >= 0.6 is 0 Å². The second-order valence-electron chi connectivity index (χ2n) is 23.1. The highest BCUT2D eigenvalue weighted by atomic mass is 16.7. The van der Waals surface area contributed by atoms with E-state index in [1.807, 2.05) is 64.1 Å². The van der Waals surface area contributed by atoms with Crippen LogP contribution in [0.2, 0.25) is 0 Å². The van der Waals surface area contributed by atoms with Crippen molar-refractivity contribution in [2.24, 2.45) is 35.5 Å². The van der Waals surface area contributed by atoms with Crippen molar-refractivity contribution in [1.82, 2.24) is 30.7 Å². The highest BCUT2D eigenvalue weighted by Gasteiger charge is 2.44. The van der Waals surface area contributed by atoms with Gasteiger partial charge in [-0.15, -0.1) is 0 Å². The van der Waals surface area contributed by atoms with E-state index in [9.17, 15) is 38.7 Å². The monoisotopic (exact) mass is 1120 g/mol. The Morgan fingerprint density at radius 3 is 1.86 bits per heavy atom. The molecule has 1 fully saturated rings. The third-order valence-corrected chi connectivity index (χ3v) is 15.4. The predicted octanol–water partition coefficient (Wildman–Crippen LogP) is 8.42. The molecule has 1 aliphatic rings. The van der Waals surface area contributed by atoms with Crippen LogP contribution in [0.4, 0.5) is 9.59 Å². The van der Waals surface area contributed by atoms with E-state index in [1.54, 1.807) is 82.7 Å². The van der Waals surface area contributed by atoms with Crippen LogP contribution in [-0.4, -0.2) is 151 Å². The molecule has 2 aromatic carbocycles. The zero-order valence-electron chi connectivity index (χ0n) is 50.8. The molecule has 0 aliphatic carbocycles. The normalized spacial score (nSPS) is 17.7. The van der Waals surface area contributed by atoms with Gasteiger partial charge in [-0.1, -0.05) is 156 Å². The van der Waals surface area contributed by atoms with Crippen LogP contribution in [0.1, 0.15) is 152 Å². The number of carbonyl (C=O) groups is 7. The largest absolute Gasteiger partial charge is 0.445 e. The standard InChI is InChI=1S/C61H98N6O13/c1-17-41(10)53(47(76-15)35-48(68)67-34-26-32-46(67)55(77-16)42(11)56(70)62-43(12)54(69)45-30-22-19-23-31-45)65(13)58(72)50(38(4)5)63-57(71)52(40(8)9)66(14)61(75)80-49(33-25-24-27-37(2)3)79-59(73)51(39(6)7)64-60(74)78-36-44-28-20-18-21-29-44/h18-23,28-31,37-43,46-47,49-55,69H,17,24-27,32-36H2,1-16H3,(H,62,70)(H,63,71)(H,64,74)/t41-,42+,43+,46-,47+,49?,50-,51-,52-,53?,54+,55+/m0/s1. The first-order valence-electron chi connectivity index (χ1n) is 28.9. The van der Waals surface area contributed by atoms with E-state index in [-0.39, 0.29) is 37.2 Å². The van der Waals surface area contributed by atoms with Gasteiger partial charge in [0, 0.05) is 41.3 Å². The molecular formula is C61H98N6O13. The molecule has 4 N–H and O–H groups in total. The summed E-state index contributed by atoms with van der Waals surface area (Å²) in [5.41, 5.74) is 1.44. The summed E-state index contributed by atoms with van der Waals surface area (Å²) in [4.78, 5) is 103. The fourth-order valence-corrected chi connectivity index (χ4v) is 10.5. The lowest BCUT2D eigenvalue weighted by atomic mass is 9.89. The lowest BCUT2D eigenvalue weighted by Crippen LogP contribution is -2.60. The Hall–Kier alpha value is -5.79. The van der Waals surface area contributed by atoms with Crippen LogP contribution in [0.15, 0.2) is 60.7 Å². The van der Waals surface area contributed by atoms with E-state index >= 15 is 0 Å². The molecule has 1 aliphatic heterocycles. The average molecular weight is 1120 g/mol. The molecular weight excluding hydrogens is 1020 g/mol. The van der Waals surface area contributed by atoms with Gasteiger partial charge < -0.3 is 54.5 Å². The molecule has 6 amide bonds. The smallest absolute Gasteiger partial charge is 0.413 e. The fourth-order valence-electron chi connectivity index (χ4n) is 10.5. The first kappa shape index (κ1) is 68.5. The van der Waals surface area contributed by atoms with Crippen molar-refractivity contribution in [1.29, 1.82) is 0 Å². The number of alkyl carbamates (subject to hydrolysis) is 1. The highest BCUT2D eigenvalue weighted by molar-refractivity contribution is 5.92. The zero-order chi connectivity index (χ0) is 60.0. The highest BCUT2D eigenvalue weighted by Crippen LogP contribution is 2.30. The predicted molar refractivity (Wildman–Crippen MR) is 306 cm³/mol. The minimum absolute atomic E-state index is 0.0106. The minimum Gasteiger partial charge on any atom is -0.445 e. The van der Waals surface area contributed by atoms with Crippen LogP contribution in [0.5, 0.6) is 0 Å². The number of benzene rings is 2. The Labute approximate surface area is 477 Å². The quantitative estimate of drug-likeness (QED) is 0.0307. The van der Waals surface area contributed by atoms with Crippen LogP contribution in [0.3, 0.4) is 0 Å². The molecule has 19 heteroatoms. The van der Waals surface area contributed by atoms with Crippen LogP contribution in [0, 0.1) is 35.5 Å². The topological polar surface area (TPSA) is 232 Å². The van der Waals surface area contributed by atoms with E-state index in [2.05, 4.69) is 29.8 Å². The molecule has 1 heterocycles. The van der Waals surface area contributed by atoms with Gasteiger partial charge in [0.05, 0.1) is 48.8 Å². The summed E-state index contributed by atoms with van der Waals surface area (Å²) in [5, 5.41) is 19.4. The zero-order valence-corrected chi connectivity index (χ0v) is 50.8. The summed E-state index contributed by atoms with van der Waals surface area (Å²) < 4.78 is 29.1. The molecule has 0 saturated carbocycles. The number of unbranched alkanes of at least 4 members (excludes halogenated alkanes) is 1. The van der Waals surface area contributed by atoms with Crippen molar-refractivity contribution >= 4 is 41.8 Å². The van der Waals surface area contributed by atoms with Gasteiger partial charge in [-0.05, 0) is 66.9 Å². The van der Waals surface area contributed by atoms with Crippen LogP contribution in [-0.2, 0) is 54.3 Å². The molecule has 0 radical (unpaired) electrons. The van der Waals surface area contributed by atoms with Gasteiger partial charge in [0.25, 0.3) is 0 Å².